The van der Waals surface area contributed by atoms with Crippen LogP contribution in [0.1, 0.15) is 0 Å². The van der Waals surface area contributed by atoms with E-state index in [1.807, 2.05) is 30.3 Å². The van der Waals surface area contributed by atoms with Gasteiger partial charge in [0.1, 0.15) is 10.5 Å². The van der Waals surface area contributed by atoms with E-state index >= 15 is 0 Å². The average molecular weight is 269 g/mol. The maximum Gasteiger partial charge on any atom is 0.442 e. The molecule has 0 saturated carbocycles. The predicted octanol–water partition coefficient (Wildman–Crippen LogP) is 4.02. The number of nitro groups is 1. The average Bonchev–Trinajstić information content (AvgIpc) is 2.87. The van der Waals surface area contributed by atoms with E-state index in [2.05, 4.69) is 0 Å². The van der Waals surface area contributed by atoms with Gasteiger partial charge in [-0.3, -0.25) is 10.1 Å². The van der Waals surface area contributed by atoms with Gasteiger partial charge in [0.25, 0.3) is 0 Å². The topological polar surface area (TPSA) is 65.5 Å². The van der Waals surface area contributed by atoms with Crippen molar-refractivity contribution in [3.8, 4) is 16.9 Å². The van der Waals surface area contributed by atoms with E-state index in [9.17, 15) is 10.1 Å². The number of nitrogens with zero attached hydrogens (tertiary/aromatic N) is 1. The zero-order valence-corrected chi connectivity index (χ0v) is 10.7. The predicted molar refractivity (Wildman–Crippen MR) is 74.9 cm³/mol. The first-order valence-corrected chi connectivity index (χ1v) is 6.01. The Labute approximate surface area is 114 Å². The van der Waals surface area contributed by atoms with Gasteiger partial charge < -0.3 is 9.15 Å². The Balaban J connectivity index is 2.40. The minimum atomic E-state index is -0.512. The zero-order chi connectivity index (χ0) is 14.1. The lowest BCUT2D eigenvalue weighted by Gasteiger charge is -1.99. The van der Waals surface area contributed by atoms with Crippen molar-refractivity contribution in [3.05, 3.63) is 58.6 Å². The molecule has 0 bridgehead atoms. The van der Waals surface area contributed by atoms with E-state index in [1.54, 1.807) is 18.2 Å². The number of ether oxygens (including phenoxy) is 1. The number of para-hydroxylation sites is 1. The summed E-state index contributed by atoms with van der Waals surface area (Å²) in [6.07, 6.45) is 0. The number of hydrogen-bond acceptors (Lipinski definition) is 4. The van der Waals surface area contributed by atoms with Gasteiger partial charge in [0.15, 0.2) is 11.3 Å². The molecule has 2 aromatic carbocycles. The molecule has 0 fully saturated rings. The van der Waals surface area contributed by atoms with E-state index in [4.69, 9.17) is 9.15 Å². The second kappa shape index (κ2) is 4.70. The number of hydrogen-bond donors (Lipinski definition) is 0. The molecule has 0 N–H and O–H groups in total. The Morgan fingerprint density at radius 1 is 1.10 bits per heavy atom. The van der Waals surface area contributed by atoms with Gasteiger partial charge in [-0.25, -0.2) is 0 Å². The molecule has 0 aliphatic carbocycles. The first-order valence-electron chi connectivity index (χ1n) is 6.01. The fourth-order valence-corrected chi connectivity index (χ4v) is 2.25. The summed E-state index contributed by atoms with van der Waals surface area (Å²) in [5, 5.41) is 11.9. The summed E-state index contributed by atoms with van der Waals surface area (Å²) < 4.78 is 10.6. The van der Waals surface area contributed by atoms with Crippen LogP contribution < -0.4 is 4.74 Å². The standard InChI is InChI=1S/C15H11NO4/c1-19-12-9-5-8-11-13(10-6-3-2-4-7-10)15(16(17)18)20-14(11)12/h2-9H,1H3. The lowest BCUT2D eigenvalue weighted by atomic mass is 10.0. The Hall–Kier alpha value is -2.82. The third kappa shape index (κ3) is 1.80. The molecule has 0 radical (unpaired) electrons. The molecule has 0 aliphatic heterocycles. The Morgan fingerprint density at radius 2 is 1.85 bits per heavy atom. The van der Waals surface area contributed by atoms with Gasteiger partial charge in [-0.1, -0.05) is 36.4 Å². The molecule has 0 aliphatic rings. The molecule has 100 valence electrons. The van der Waals surface area contributed by atoms with E-state index in [-0.39, 0.29) is 5.88 Å². The fraction of sp³-hybridized carbons (Fsp3) is 0.0667. The van der Waals surface area contributed by atoms with Crippen LogP contribution >= 0.6 is 0 Å². The van der Waals surface area contributed by atoms with Gasteiger partial charge in [0.05, 0.1) is 7.11 Å². The highest BCUT2D eigenvalue weighted by atomic mass is 16.6. The van der Waals surface area contributed by atoms with Crippen LogP contribution in [0.4, 0.5) is 5.88 Å². The molecule has 0 amide bonds. The molecule has 0 atom stereocenters. The number of rotatable bonds is 3. The maximum absolute atomic E-state index is 11.2. The van der Waals surface area contributed by atoms with E-state index in [0.717, 1.165) is 5.56 Å². The summed E-state index contributed by atoms with van der Waals surface area (Å²) in [4.78, 5) is 10.7. The monoisotopic (exact) mass is 269 g/mol. The van der Waals surface area contributed by atoms with Crippen LogP contribution in [0.2, 0.25) is 0 Å². The second-order valence-corrected chi connectivity index (χ2v) is 4.24. The van der Waals surface area contributed by atoms with Gasteiger partial charge >= 0.3 is 5.88 Å². The highest BCUT2D eigenvalue weighted by Gasteiger charge is 2.26. The lowest BCUT2D eigenvalue weighted by molar-refractivity contribution is -0.400. The van der Waals surface area contributed by atoms with Crippen molar-refractivity contribution >= 4 is 16.9 Å². The van der Waals surface area contributed by atoms with Crippen molar-refractivity contribution in [2.24, 2.45) is 0 Å². The van der Waals surface area contributed by atoms with Crippen molar-refractivity contribution in [3.63, 3.8) is 0 Å². The van der Waals surface area contributed by atoms with E-state index in [1.165, 1.54) is 7.11 Å². The third-order valence-corrected chi connectivity index (χ3v) is 3.11. The molecule has 5 heteroatoms. The Bertz CT molecular complexity index is 777. The molecule has 3 aromatic rings. The molecule has 0 spiro atoms. The van der Waals surface area contributed by atoms with Crippen LogP contribution in [0.15, 0.2) is 52.9 Å². The van der Waals surface area contributed by atoms with Crippen molar-refractivity contribution in [2.75, 3.05) is 7.11 Å². The minimum Gasteiger partial charge on any atom is -0.493 e. The van der Waals surface area contributed by atoms with Gasteiger partial charge in [-0.05, 0) is 17.7 Å². The number of methoxy groups -OCH3 is 1. The van der Waals surface area contributed by atoms with Crippen LogP contribution in [-0.4, -0.2) is 12.0 Å². The normalized spacial score (nSPS) is 10.7. The van der Waals surface area contributed by atoms with Crippen molar-refractivity contribution in [2.45, 2.75) is 0 Å². The van der Waals surface area contributed by atoms with Gasteiger partial charge in [0.2, 0.25) is 0 Å². The third-order valence-electron chi connectivity index (χ3n) is 3.11. The lowest BCUT2D eigenvalue weighted by Crippen LogP contribution is -1.87. The smallest absolute Gasteiger partial charge is 0.442 e. The van der Waals surface area contributed by atoms with E-state index < -0.39 is 4.92 Å². The molecular formula is C15H11NO4. The summed E-state index contributed by atoms with van der Waals surface area (Å²) in [6, 6.07) is 14.4. The van der Waals surface area contributed by atoms with Crippen LogP contribution in [0, 0.1) is 10.1 Å². The summed E-state index contributed by atoms with van der Waals surface area (Å²) in [6.45, 7) is 0. The number of fused-ring (bicyclic) bond motifs is 1. The molecule has 1 aromatic heterocycles. The molecule has 1 heterocycles. The molecule has 0 unspecified atom stereocenters. The quantitative estimate of drug-likeness (QED) is 0.532. The second-order valence-electron chi connectivity index (χ2n) is 4.24. The SMILES string of the molecule is COc1cccc2c(-c3ccccc3)c([N+](=O)[O-])oc12. The number of furan rings is 1. The maximum atomic E-state index is 11.2. The Morgan fingerprint density at radius 3 is 2.50 bits per heavy atom. The molecule has 3 rings (SSSR count). The fourth-order valence-electron chi connectivity index (χ4n) is 2.25. The van der Waals surface area contributed by atoms with Crippen molar-refractivity contribution in [1.29, 1.82) is 0 Å². The van der Waals surface area contributed by atoms with Crippen LogP contribution in [0.25, 0.3) is 22.1 Å². The first-order chi connectivity index (χ1) is 9.72. The summed E-state index contributed by atoms with van der Waals surface area (Å²) in [5.74, 6) is 0.212. The molecule has 0 saturated heterocycles. The first kappa shape index (κ1) is 12.2. The summed E-state index contributed by atoms with van der Waals surface area (Å²) in [7, 11) is 1.51. The van der Waals surface area contributed by atoms with Gasteiger partial charge in [0, 0.05) is 5.39 Å². The molecule has 20 heavy (non-hydrogen) atoms. The van der Waals surface area contributed by atoms with Gasteiger partial charge in [-0.15, -0.1) is 0 Å². The van der Waals surface area contributed by atoms with Crippen molar-refractivity contribution in [1.82, 2.24) is 0 Å². The summed E-state index contributed by atoms with van der Waals surface area (Å²) in [5.41, 5.74) is 1.61. The van der Waals surface area contributed by atoms with Crippen LogP contribution in [0.3, 0.4) is 0 Å². The summed E-state index contributed by atoms with van der Waals surface area (Å²) >= 11 is 0. The van der Waals surface area contributed by atoms with Gasteiger partial charge in [-0.2, -0.15) is 0 Å². The van der Waals surface area contributed by atoms with Crippen LogP contribution in [0.5, 0.6) is 5.75 Å². The largest absolute Gasteiger partial charge is 0.493 e. The number of benzene rings is 2. The minimum absolute atomic E-state index is 0.268. The van der Waals surface area contributed by atoms with Crippen molar-refractivity contribution < 1.29 is 14.1 Å². The Kier molecular flexibility index (Phi) is 2.87. The molecular weight excluding hydrogens is 258 g/mol. The van der Waals surface area contributed by atoms with E-state index in [0.29, 0.717) is 22.3 Å². The highest BCUT2D eigenvalue weighted by molar-refractivity contribution is 6.01. The highest BCUT2D eigenvalue weighted by Crippen LogP contribution is 2.42. The zero-order valence-electron chi connectivity index (χ0n) is 10.7. The molecule has 5 nitrogen and oxygen atoms in total. The van der Waals surface area contributed by atoms with Crippen LogP contribution in [-0.2, 0) is 0 Å².